The van der Waals surface area contributed by atoms with Crippen molar-refractivity contribution in [3.8, 4) is 17.2 Å². The smallest absolute Gasteiger partial charge is 0.168 e. The summed E-state index contributed by atoms with van der Waals surface area (Å²) in [5.74, 6) is -0.181. The Bertz CT molecular complexity index is 1600. The molecule has 1 saturated heterocycles. The molecule has 4 aromatic rings. The van der Waals surface area contributed by atoms with Gasteiger partial charge >= 0.3 is 0 Å². The molecule has 0 saturated carbocycles. The van der Waals surface area contributed by atoms with Crippen LogP contribution < -0.4 is 19.5 Å². The van der Waals surface area contributed by atoms with E-state index in [0.29, 0.717) is 50.6 Å². The van der Waals surface area contributed by atoms with Crippen molar-refractivity contribution >= 4 is 10.8 Å². The van der Waals surface area contributed by atoms with E-state index in [0.717, 1.165) is 33.7 Å². The molecule has 258 valence electrons. The molecule has 5 rings (SSSR count). The summed E-state index contributed by atoms with van der Waals surface area (Å²) in [7, 11) is 2.99. The van der Waals surface area contributed by atoms with E-state index in [9.17, 15) is 19.0 Å². The van der Waals surface area contributed by atoms with Crippen LogP contribution in [0.25, 0.3) is 10.8 Å². The van der Waals surface area contributed by atoms with Gasteiger partial charge in [0.2, 0.25) is 0 Å². The number of benzene rings is 4. The van der Waals surface area contributed by atoms with Crippen LogP contribution in [0.15, 0.2) is 72.8 Å². The Balaban J connectivity index is 1.20. The van der Waals surface area contributed by atoms with E-state index in [2.05, 4.69) is 11.4 Å². The summed E-state index contributed by atoms with van der Waals surface area (Å²) >= 11 is 0. The standard InChI is InChI=1S/C37H43F2NO8/c1-43-33-15-24(14-26-6-3-4-7-31(26)33)21-47-34-18-40-19-35(48-23-29(42)20-41)36(34)25-8-10-30(11-9-25)46-13-5-12-45-22-27-16-28(38)17-32(39)37(27)44-2/h3-4,6-11,14-17,29,34-36,40-42H,5,12-13,18-23H2,1-2H3/t29?,34-,35+,36+/m0/s1. The van der Waals surface area contributed by atoms with E-state index in [1.807, 2.05) is 54.6 Å². The maximum atomic E-state index is 13.9. The minimum Gasteiger partial charge on any atom is -0.496 e. The molecular weight excluding hydrogens is 624 g/mol. The SMILES string of the molecule is COc1c(F)cc(F)cc1COCCCOc1ccc([C@@H]2[C@@H](OCc3cc(OC)c4ccccc4c3)CNC[C@H]2OCC(O)CO)cc1. The van der Waals surface area contributed by atoms with Gasteiger partial charge in [0, 0.05) is 42.4 Å². The molecule has 1 aliphatic rings. The Morgan fingerprint density at radius 1 is 0.875 bits per heavy atom. The molecule has 0 bridgehead atoms. The molecule has 3 N–H and O–H groups in total. The van der Waals surface area contributed by atoms with E-state index >= 15 is 0 Å². The van der Waals surface area contributed by atoms with Crippen molar-refractivity contribution in [3.63, 3.8) is 0 Å². The number of piperidine rings is 1. The molecular formula is C37H43F2NO8. The van der Waals surface area contributed by atoms with Gasteiger partial charge in [-0.3, -0.25) is 0 Å². The molecule has 0 aliphatic carbocycles. The molecule has 0 spiro atoms. The van der Waals surface area contributed by atoms with Crippen molar-refractivity contribution in [1.82, 2.24) is 5.32 Å². The third-order valence-corrected chi connectivity index (χ3v) is 8.29. The zero-order chi connectivity index (χ0) is 33.9. The molecule has 0 radical (unpaired) electrons. The summed E-state index contributed by atoms with van der Waals surface area (Å²) in [6, 6.07) is 21.9. The van der Waals surface area contributed by atoms with E-state index in [1.54, 1.807) is 7.11 Å². The van der Waals surface area contributed by atoms with Crippen LogP contribution in [0.3, 0.4) is 0 Å². The molecule has 0 aromatic heterocycles. The third-order valence-electron chi connectivity index (χ3n) is 8.29. The zero-order valence-electron chi connectivity index (χ0n) is 27.2. The summed E-state index contributed by atoms with van der Waals surface area (Å²) in [5, 5.41) is 24.8. The van der Waals surface area contributed by atoms with E-state index in [-0.39, 0.29) is 43.7 Å². The topological polar surface area (TPSA) is 108 Å². The number of rotatable bonds is 17. The Labute approximate surface area is 279 Å². The Kier molecular flexibility index (Phi) is 12.9. The first kappa shape index (κ1) is 35.5. The highest BCUT2D eigenvalue weighted by Gasteiger charge is 2.36. The Morgan fingerprint density at radius 3 is 2.40 bits per heavy atom. The van der Waals surface area contributed by atoms with Crippen molar-refractivity contribution in [2.45, 2.75) is 43.9 Å². The van der Waals surface area contributed by atoms with Crippen molar-refractivity contribution in [2.75, 3.05) is 53.7 Å². The number of methoxy groups -OCH3 is 2. The predicted molar refractivity (Wildman–Crippen MR) is 177 cm³/mol. The maximum absolute atomic E-state index is 13.9. The molecule has 48 heavy (non-hydrogen) atoms. The molecule has 11 heteroatoms. The largest absolute Gasteiger partial charge is 0.496 e. The lowest BCUT2D eigenvalue weighted by atomic mass is 9.85. The molecule has 4 aromatic carbocycles. The van der Waals surface area contributed by atoms with Gasteiger partial charge in [-0.05, 0) is 46.8 Å². The molecule has 1 fully saturated rings. The first-order valence-corrected chi connectivity index (χ1v) is 16.0. The van der Waals surface area contributed by atoms with Crippen LogP contribution in [0.5, 0.6) is 17.2 Å². The van der Waals surface area contributed by atoms with Crippen molar-refractivity contribution in [2.24, 2.45) is 0 Å². The highest BCUT2D eigenvalue weighted by atomic mass is 19.1. The lowest BCUT2D eigenvalue weighted by Crippen LogP contribution is -2.51. The zero-order valence-corrected chi connectivity index (χ0v) is 27.2. The monoisotopic (exact) mass is 667 g/mol. The van der Waals surface area contributed by atoms with Crippen LogP contribution in [-0.4, -0.2) is 82.3 Å². The van der Waals surface area contributed by atoms with Gasteiger partial charge in [0.05, 0.1) is 66.1 Å². The normalized spacial score (nSPS) is 18.5. The number of hydrogen-bond donors (Lipinski definition) is 3. The third kappa shape index (κ3) is 9.19. The van der Waals surface area contributed by atoms with E-state index in [4.69, 9.17) is 28.4 Å². The second-order valence-corrected chi connectivity index (χ2v) is 11.7. The van der Waals surface area contributed by atoms with Gasteiger partial charge in [-0.25, -0.2) is 8.78 Å². The average Bonchev–Trinajstić information content (AvgIpc) is 3.10. The first-order chi connectivity index (χ1) is 23.4. The van der Waals surface area contributed by atoms with E-state index < -0.39 is 17.7 Å². The van der Waals surface area contributed by atoms with Gasteiger partial charge in [0.1, 0.15) is 23.4 Å². The van der Waals surface area contributed by atoms with Gasteiger partial charge in [-0.2, -0.15) is 0 Å². The number of aliphatic hydroxyl groups is 2. The first-order valence-electron chi connectivity index (χ1n) is 16.0. The van der Waals surface area contributed by atoms with Crippen LogP contribution >= 0.6 is 0 Å². The van der Waals surface area contributed by atoms with Gasteiger partial charge in [0.25, 0.3) is 0 Å². The average molecular weight is 668 g/mol. The molecule has 4 atom stereocenters. The van der Waals surface area contributed by atoms with Gasteiger partial charge in [0.15, 0.2) is 11.6 Å². The van der Waals surface area contributed by atoms with Crippen molar-refractivity contribution in [1.29, 1.82) is 0 Å². The molecule has 1 aliphatic heterocycles. The van der Waals surface area contributed by atoms with Crippen LogP contribution in [0.4, 0.5) is 8.78 Å². The van der Waals surface area contributed by atoms with Gasteiger partial charge in [-0.1, -0.05) is 36.4 Å². The molecule has 1 heterocycles. The van der Waals surface area contributed by atoms with Crippen LogP contribution in [0, 0.1) is 11.6 Å². The van der Waals surface area contributed by atoms with Crippen LogP contribution in [-0.2, 0) is 27.4 Å². The highest BCUT2D eigenvalue weighted by molar-refractivity contribution is 5.89. The molecule has 9 nitrogen and oxygen atoms in total. The fraction of sp³-hybridized carbons (Fsp3) is 0.405. The lowest BCUT2D eigenvalue weighted by molar-refractivity contribution is -0.0833. The van der Waals surface area contributed by atoms with Crippen molar-refractivity contribution < 1.29 is 47.4 Å². The van der Waals surface area contributed by atoms with E-state index in [1.165, 1.54) is 13.2 Å². The summed E-state index contributed by atoms with van der Waals surface area (Å²) < 4.78 is 62.3. The summed E-state index contributed by atoms with van der Waals surface area (Å²) in [5.41, 5.74) is 2.28. The predicted octanol–water partition coefficient (Wildman–Crippen LogP) is 5.13. The lowest BCUT2D eigenvalue weighted by Gasteiger charge is -2.39. The van der Waals surface area contributed by atoms with Gasteiger partial charge < -0.3 is 44.0 Å². The number of fused-ring (bicyclic) bond motifs is 1. The fourth-order valence-electron chi connectivity index (χ4n) is 5.96. The minimum absolute atomic E-state index is 0.00185. The Hall–Kier alpha value is -3.84. The van der Waals surface area contributed by atoms with Crippen molar-refractivity contribution in [3.05, 3.63) is 101 Å². The number of nitrogens with one attached hydrogen (secondary N) is 1. The summed E-state index contributed by atoms with van der Waals surface area (Å²) in [4.78, 5) is 0. The maximum Gasteiger partial charge on any atom is 0.168 e. The Morgan fingerprint density at radius 2 is 1.65 bits per heavy atom. The molecule has 0 amide bonds. The second-order valence-electron chi connectivity index (χ2n) is 11.7. The quantitative estimate of drug-likeness (QED) is 0.132. The molecule has 1 unspecified atom stereocenters. The van der Waals surface area contributed by atoms with Gasteiger partial charge in [-0.15, -0.1) is 0 Å². The number of halogens is 2. The minimum atomic E-state index is -0.978. The van der Waals surface area contributed by atoms with Crippen LogP contribution in [0.2, 0.25) is 0 Å². The number of aliphatic hydroxyl groups excluding tert-OH is 2. The summed E-state index contributed by atoms with van der Waals surface area (Å²) in [6.07, 6.45) is -0.977. The second kappa shape index (κ2) is 17.5. The van der Waals surface area contributed by atoms with Crippen LogP contribution in [0.1, 0.15) is 29.0 Å². The number of ether oxygens (including phenoxy) is 6. The summed E-state index contributed by atoms with van der Waals surface area (Å²) in [6.45, 7) is 1.85. The fourth-order valence-corrected chi connectivity index (χ4v) is 5.96. The highest BCUT2D eigenvalue weighted by Crippen LogP contribution is 2.33. The number of hydrogen-bond acceptors (Lipinski definition) is 9.